The van der Waals surface area contributed by atoms with Gasteiger partial charge in [-0.2, -0.15) is 0 Å². The Bertz CT molecular complexity index is 1520. The normalized spacial score (nSPS) is 16.5. The summed E-state index contributed by atoms with van der Waals surface area (Å²) in [5.74, 6) is -0.894. The number of hydrogen-bond acceptors (Lipinski definition) is 5. The first-order valence-corrected chi connectivity index (χ1v) is 12.1. The minimum atomic E-state index is -0.990. The molecule has 0 bridgehead atoms. The number of carbonyl (C=O) groups excluding carboxylic acids is 2. The van der Waals surface area contributed by atoms with Gasteiger partial charge in [0, 0.05) is 11.3 Å². The fraction of sp³-hybridized carbons (Fsp3) is 0.0968. The quantitative estimate of drug-likeness (QED) is 0.172. The number of halogens is 1. The van der Waals surface area contributed by atoms with Crippen molar-refractivity contribution >= 4 is 23.1 Å². The summed E-state index contributed by atoms with van der Waals surface area (Å²) in [6, 6.07) is 27.1. The van der Waals surface area contributed by atoms with E-state index in [1.807, 2.05) is 37.3 Å². The third kappa shape index (κ3) is 4.86. The lowest BCUT2D eigenvalue weighted by atomic mass is 9.95. The first kappa shape index (κ1) is 24.8. The molecule has 6 nitrogen and oxygen atoms in total. The number of ether oxygens (including phenoxy) is 2. The van der Waals surface area contributed by atoms with Crippen LogP contribution in [0.1, 0.15) is 24.1 Å². The molecule has 4 aromatic carbocycles. The number of Topliss-reactive ketones (excluding diaryl/α,β-unsaturated/α-hetero) is 1. The van der Waals surface area contributed by atoms with Crippen molar-refractivity contribution in [2.45, 2.75) is 13.0 Å². The summed E-state index contributed by atoms with van der Waals surface area (Å²) >= 11 is 0. The van der Waals surface area contributed by atoms with E-state index >= 15 is 0 Å². The van der Waals surface area contributed by atoms with Gasteiger partial charge in [0.25, 0.3) is 11.7 Å². The standard InChI is InChI=1S/C31H24FNO5/c1-2-37-25-12-7-9-21(19-25)29(34)27-28(33(31(36)30(27)35)23-16-14-22(32)15-17-23)20-8-6-13-26(18-20)38-24-10-4-3-5-11-24/h3-19,28,34H,2H2,1H3/b29-27-. The van der Waals surface area contributed by atoms with Crippen molar-refractivity contribution in [3.63, 3.8) is 0 Å². The highest BCUT2D eigenvalue weighted by Crippen LogP contribution is 2.43. The lowest BCUT2D eigenvalue weighted by Crippen LogP contribution is -2.29. The molecule has 1 fully saturated rings. The maximum Gasteiger partial charge on any atom is 0.300 e. The van der Waals surface area contributed by atoms with Crippen molar-refractivity contribution in [2.75, 3.05) is 11.5 Å². The summed E-state index contributed by atoms with van der Waals surface area (Å²) in [5.41, 5.74) is 1.08. The summed E-state index contributed by atoms with van der Waals surface area (Å²) in [6.45, 7) is 2.26. The Kier molecular flexibility index (Phi) is 6.91. The van der Waals surface area contributed by atoms with Crippen LogP contribution in [0, 0.1) is 5.82 Å². The smallest absolute Gasteiger partial charge is 0.300 e. The third-order valence-electron chi connectivity index (χ3n) is 6.12. The lowest BCUT2D eigenvalue weighted by Gasteiger charge is -2.26. The summed E-state index contributed by atoms with van der Waals surface area (Å²) in [4.78, 5) is 28.0. The van der Waals surface area contributed by atoms with Gasteiger partial charge in [-0.3, -0.25) is 14.5 Å². The van der Waals surface area contributed by atoms with E-state index in [1.165, 1.54) is 29.2 Å². The molecule has 1 unspecified atom stereocenters. The van der Waals surface area contributed by atoms with Crippen LogP contribution < -0.4 is 14.4 Å². The molecule has 190 valence electrons. The van der Waals surface area contributed by atoms with E-state index in [0.717, 1.165) is 0 Å². The highest BCUT2D eigenvalue weighted by molar-refractivity contribution is 6.51. The lowest BCUT2D eigenvalue weighted by molar-refractivity contribution is -0.132. The molecule has 1 amide bonds. The second kappa shape index (κ2) is 10.6. The average molecular weight is 510 g/mol. The number of benzene rings is 4. The van der Waals surface area contributed by atoms with Crippen molar-refractivity contribution in [3.05, 3.63) is 126 Å². The Labute approximate surface area is 219 Å². The predicted octanol–water partition coefficient (Wildman–Crippen LogP) is 6.64. The third-order valence-corrected chi connectivity index (χ3v) is 6.12. The second-order valence-corrected chi connectivity index (χ2v) is 8.59. The fourth-order valence-electron chi connectivity index (χ4n) is 4.44. The summed E-state index contributed by atoms with van der Waals surface area (Å²) in [6.07, 6.45) is 0. The van der Waals surface area contributed by atoms with Crippen LogP contribution in [0.2, 0.25) is 0 Å². The molecular weight excluding hydrogens is 485 g/mol. The van der Waals surface area contributed by atoms with E-state index in [2.05, 4.69) is 0 Å². The monoisotopic (exact) mass is 509 g/mol. The average Bonchev–Trinajstić information content (AvgIpc) is 3.20. The SMILES string of the molecule is CCOc1cccc(/C(O)=C2/C(=O)C(=O)N(c3ccc(F)cc3)C2c2cccc(Oc3ccccc3)c2)c1. The van der Waals surface area contributed by atoms with Crippen molar-refractivity contribution < 1.29 is 28.6 Å². The number of aliphatic hydroxyl groups is 1. The number of ketones is 1. The molecule has 0 radical (unpaired) electrons. The second-order valence-electron chi connectivity index (χ2n) is 8.59. The van der Waals surface area contributed by atoms with E-state index in [4.69, 9.17) is 9.47 Å². The number of anilines is 1. The van der Waals surface area contributed by atoms with Crippen LogP contribution in [0.5, 0.6) is 17.2 Å². The molecule has 7 heteroatoms. The van der Waals surface area contributed by atoms with Gasteiger partial charge >= 0.3 is 0 Å². The molecule has 5 rings (SSSR count). The van der Waals surface area contributed by atoms with Gasteiger partial charge in [-0.15, -0.1) is 0 Å². The highest BCUT2D eigenvalue weighted by Gasteiger charge is 2.47. The molecular formula is C31H24FNO5. The minimum absolute atomic E-state index is 0.0927. The molecule has 4 aromatic rings. The van der Waals surface area contributed by atoms with Crippen LogP contribution in [-0.4, -0.2) is 23.4 Å². The molecule has 1 aliphatic rings. The fourth-order valence-corrected chi connectivity index (χ4v) is 4.44. The van der Waals surface area contributed by atoms with Gasteiger partial charge in [0.2, 0.25) is 0 Å². The van der Waals surface area contributed by atoms with Crippen LogP contribution >= 0.6 is 0 Å². The Morgan fingerprint density at radius 1 is 0.842 bits per heavy atom. The zero-order valence-corrected chi connectivity index (χ0v) is 20.5. The molecule has 0 spiro atoms. The summed E-state index contributed by atoms with van der Waals surface area (Å²) in [7, 11) is 0. The van der Waals surface area contributed by atoms with Gasteiger partial charge in [-0.1, -0.05) is 42.5 Å². The highest BCUT2D eigenvalue weighted by atomic mass is 19.1. The number of carbonyl (C=O) groups is 2. The van der Waals surface area contributed by atoms with Gasteiger partial charge in [0.1, 0.15) is 28.8 Å². The van der Waals surface area contributed by atoms with E-state index in [1.54, 1.807) is 48.5 Å². The largest absolute Gasteiger partial charge is 0.507 e. The van der Waals surface area contributed by atoms with E-state index in [-0.39, 0.29) is 11.3 Å². The Morgan fingerprint density at radius 3 is 2.26 bits per heavy atom. The number of rotatable bonds is 7. The molecule has 0 aromatic heterocycles. The Hall–Kier alpha value is -4.91. The van der Waals surface area contributed by atoms with E-state index in [0.29, 0.717) is 40.7 Å². The van der Waals surface area contributed by atoms with Gasteiger partial charge in [0.05, 0.1) is 18.2 Å². The van der Waals surface area contributed by atoms with Gasteiger partial charge in [-0.25, -0.2) is 4.39 Å². The topological polar surface area (TPSA) is 76.1 Å². The first-order valence-electron chi connectivity index (χ1n) is 12.1. The molecule has 0 saturated carbocycles. The van der Waals surface area contributed by atoms with Crippen LogP contribution in [0.3, 0.4) is 0 Å². The molecule has 1 saturated heterocycles. The Balaban J connectivity index is 1.66. The number of hydrogen-bond donors (Lipinski definition) is 1. The predicted molar refractivity (Wildman–Crippen MR) is 142 cm³/mol. The number of para-hydroxylation sites is 1. The van der Waals surface area contributed by atoms with Crippen LogP contribution in [-0.2, 0) is 9.59 Å². The number of nitrogens with zero attached hydrogens (tertiary/aromatic N) is 1. The zero-order valence-electron chi connectivity index (χ0n) is 20.5. The molecule has 1 atom stereocenters. The van der Waals surface area contributed by atoms with Crippen molar-refractivity contribution in [2.24, 2.45) is 0 Å². The zero-order chi connectivity index (χ0) is 26.6. The Morgan fingerprint density at radius 2 is 1.53 bits per heavy atom. The molecule has 1 heterocycles. The molecule has 38 heavy (non-hydrogen) atoms. The van der Waals surface area contributed by atoms with Crippen molar-refractivity contribution in [1.82, 2.24) is 0 Å². The minimum Gasteiger partial charge on any atom is -0.507 e. The van der Waals surface area contributed by atoms with E-state index < -0.39 is 23.5 Å². The maximum absolute atomic E-state index is 13.7. The van der Waals surface area contributed by atoms with E-state index in [9.17, 15) is 19.1 Å². The number of aliphatic hydroxyl groups excluding tert-OH is 1. The molecule has 0 aliphatic carbocycles. The summed E-state index contributed by atoms with van der Waals surface area (Å²) < 4.78 is 25.2. The van der Waals surface area contributed by atoms with Crippen molar-refractivity contribution in [1.29, 1.82) is 0 Å². The van der Waals surface area contributed by atoms with Gasteiger partial charge < -0.3 is 14.6 Å². The van der Waals surface area contributed by atoms with Crippen LogP contribution in [0.4, 0.5) is 10.1 Å². The summed E-state index contributed by atoms with van der Waals surface area (Å²) in [5, 5.41) is 11.4. The maximum atomic E-state index is 13.7. The van der Waals surface area contributed by atoms with Crippen LogP contribution in [0.15, 0.2) is 109 Å². The van der Waals surface area contributed by atoms with Gasteiger partial charge in [0.15, 0.2) is 0 Å². The molecule has 1 N–H and O–H groups in total. The molecule has 1 aliphatic heterocycles. The van der Waals surface area contributed by atoms with Crippen molar-refractivity contribution in [3.8, 4) is 17.2 Å². The van der Waals surface area contributed by atoms with Gasteiger partial charge in [-0.05, 0) is 73.2 Å². The first-order chi connectivity index (χ1) is 18.5. The number of amides is 1. The van der Waals surface area contributed by atoms with Crippen LogP contribution in [0.25, 0.3) is 5.76 Å².